The number of hydrogen-bond acceptors (Lipinski definition) is 7. The lowest BCUT2D eigenvalue weighted by Gasteiger charge is -2.17. The second-order valence-electron chi connectivity index (χ2n) is 9.21. The van der Waals surface area contributed by atoms with Crippen LogP contribution in [0.1, 0.15) is 22.8 Å². The molecule has 0 radical (unpaired) electrons. The highest BCUT2D eigenvalue weighted by molar-refractivity contribution is 6.01. The van der Waals surface area contributed by atoms with E-state index in [1.807, 2.05) is 50.2 Å². The first kappa shape index (κ1) is 27.3. The number of aromatic nitrogens is 3. The minimum absolute atomic E-state index is 0.0742. The Balaban J connectivity index is 1.54. The topological polar surface area (TPSA) is 147 Å². The van der Waals surface area contributed by atoms with Gasteiger partial charge in [-0.25, -0.2) is 9.78 Å². The third-order valence-corrected chi connectivity index (χ3v) is 6.15. The highest BCUT2D eigenvalue weighted by atomic mass is 16.2. The van der Waals surface area contributed by atoms with Crippen molar-refractivity contribution in [2.24, 2.45) is 0 Å². The van der Waals surface area contributed by atoms with Crippen molar-refractivity contribution in [3.05, 3.63) is 82.3 Å². The van der Waals surface area contributed by atoms with E-state index < -0.39 is 11.3 Å². The Kier molecular flexibility index (Phi) is 8.52. The molecule has 5 N–H and O–H groups in total. The van der Waals surface area contributed by atoms with Crippen LogP contribution in [0.5, 0.6) is 0 Å². The maximum Gasteiger partial charge on any atom is 0.319 e. The van der Waals surface area contributed by atoms with Crippen molar-refractivity contribution in [2.75, 3.05) is 38.2 Å². The number of pyridine rings is 3. The second-order valence-corrected chi connectivity index (χ2v) is 9.21. The van der Waals surface area contributed by atoms with Crippen LogP contribution in [-0.2, 0) is 13.1 Å². The molecule has 11 heteroatoms. The van der Waals surface area contributed by atoms with Crippen molar-refractivity contribution in [1.82, 2.24) is 30.1 Å². The van der Waals surface area contributed by atoms with Crippen molar-refractivity contribution in [3.63, 3.8) is 0 Å². The Morgan fingerprint density at radius 1 is 1.05 bits per heavy atom. The predicted octanol–water partition coefficient (Wildman–Crippen LogP) is 2.67. The number of fused-ring (bicyclic) bond motifs is 1. The number of rotatable bonds is 9. The maximum absolute atomic E-state index is 13.2. The lowest BCUT2D eigenvalue weighted by atomic mass is 10.1. The molecule has 3 amide bonds. The number of nitrogen functional groups attached to an aromatic ring is 1. The van der Waals surface area contributed by atoms with Crippen molar-refractivity contribution >= 4 is 34.5 Å². The lowest BCUT2D eigenvalue weighted by Crippen LogP contribution is -2.35. The lowest BCUT2D eigenvalue weighted by molar-refractivity contribution is 0.0950. The highest BCUT2D eigenvalue weighted by Crippen LogP contribution is 2.24. The van der Waals surface area contributed by atoms with Gasteiger partial charge in [-0.3, -0.25) is 14.6 Å². The smallest absolute Gasteiger partial charge is 0.319 e. The first-order valence-corrected chi connectivity index (χ1v) is 12.6. The fourth-order valence-electron chi connectivity index (χ4n) is 4.10. The van der Waals surface area contributed by atoms with Crippen LogP contribution in [0.2, 0.25) is 0 Å². The average molecular weight is 529 g/mol. The Hall–Kier alpha value is -4.77. The van der Waals surface area contributed by atoms with Crippen molar-refractivity contribution in [1.29, 1.82) is 0 Å². The summed E-state index contributed by atoms with van der Waals surface area (Å²) in [5.41, 5.74) is 9.11. The molecule has 1 aromatic carbocycles. The van der Waals surface area contributed by atoms with Gasteiger partial charge in [-0.2, -0.15) is 0 Å². The van der Waals surface area contributed by atoms with Crippen LogP contribution in [0.4, 0.5) is 16.3 Å². The third-order valence-electron chi connectivity index (χ3n) is 6.15. The van der Waals surface area contributed by atoms with Gasteiger partial charge in [0, 0.05) is 49.8 Å². The van der Waals surface area contributed by atoms with Crippen LogP contribution in [0.3, 0.4) is 0 Å². The number of urea groups is 1. The number of nitrogens with one attached hydrogen (secondary N) is 3. The summed E-state index contributed by atoms with van der Waals surface area (Å²) in [7, 11) is 3.80. The number of nitrogens with two attached hydrogens (primary N) is 1. The zero-order valence-electron chi connectivity index (χ0n) is 22.2. The Morgan fingerprint density at radius 2 is 1.82 bits per heavy atom. The van der Waals surface area contributed by atoms with Crippen molar-refractivity contribution < 1.29 is 9.59 Å². The number of anilines is 2. The molecule has 0 spiro atoms. The molecular weight excluding hydrogens is 496 g/mol. The summed E-state index contributed by atoms with van der Waals surface area (Å²) >= 11 is 0. The number of amides is 3. The monoisotopic (exact) mass is 528 g/mol. The van der Waals surface area contributed by atoms with Gasteiger partial charge in [0.15, 0.2) is 0 Å². The number of aryl methyl sites for hydroxylation is 1. The molecule has 4 aromatic rings. The molecule has 39 heavy (non-hydrogen) atoms. The summed E-state index contributed by atoms with van der Waals surface area (Å²) in [5.74, 6) is -0.418. The van der Waals surface area contributed by atoms with E-state index in [4.69, 9.17) is 10.7 Å². The molecule has 3 heterocycles. The molecule has 0 unspecified atom stereocenters. The second kappa shape index (κ2) is 12.2. The molecule has 0 saturated carbocycles. The molecule has 3 aromatic heterocycles. The molecule has 0 atom stereocenters. The van der Waals surface area contributed by atoms with Gasteiger partial charge >= 0.3 is 6.03 Å². The van der Waals surface area contributed by atoms with Gasteiger partial charge < -0.3 is 31.2 Å². The van der Waals surface area contributed by atoms with Gasteiger partial charge in [0.1, 0.15) is 17.0 Å². The number of hydrogen-bond donors (Lipinski definition) is 4. The third kappa shape index (κ3) is 6.39. The summed E-state index contributed by atoms with van der Waals surface area (Å²) in [6.07, 6.45) is 3.37. The van der Waals surface area contributed by atoms with Crippen molar-refractivity contribution in [2.45, 2.75) is 20.0 Å². The number of carbonyl (C=O) groups excluding carboxylic acids is 2. The molecular formula is C28H32N8O3. The van der Waals surface area contributed by atoms with Crippen LogP contribution < -0.4 is 27.1 Å². The van der Waals surface area contributed by atoms with Crippen LogP contribution in [0, 0.1) is 0 Å². The van der Waals surface area contributed by atoms with Gasteiger partial charge in [0.2, 0.25) is 5.43 Å². The number of benzene rings is 1. The van der Waals surface area contributed by atoms with Gasteiger partial charge in [-0.05, 0) is 56.9 Å². The molecule has 0 fully saturated rings. The first-order chi connectivity index (χ1) is 18.8. The van der Waals surface area contributed by atoms with E-state index in [1.54, 1.807) is 41.2 Å². The fourth-order valence-corrected chi connectivity index (χ4v) is 4.10. The van der Waals surface area contributed by atoms with Crippen LogP contribution >= 0.6 is 0 Å². The van der Waals surface area contributed by atoms with Gasteiger partial charge in [-0.15, -0.1) is 0 Å². The fraction of sp³-hybridized carbons (Fsp3) is 0.250. The predicted molar refractivity (Wildman–Crippen MR) is 153 cm³/mol. The van der Waals surface area contributed by atoms with E-state index in [-0.39, 0.29) is 17.4 Å². The Labute approximate surface area is 226 Å². The summed E-state index contributed by atoms with van der Waals surface area (Å²) in [5, 5.41) is 8.67. The van der Waals surface area contributed by atoms with Crippen LogP contribution in [-0.4, -0.2) is 58.6 Å². The van der Waals surface area contributed by atoms with E-state index in [2.05, 4.69) is 20.9 Å². The van der Waals surface area contributed by atoms with Crippen LogP contribution in [0.25, 0.3) is 22.3 Å². The normalized spacial score (nSPS) is 11.0. The average Bonchev–Trinajstić information content (AvgIpc) is 2.93. The highest BCUT2D eigenvalue weighted by Gasteiger charge is 2.21. The number of nitrogens with zero attached hydrogens (tertiary/aromatic N) is 4. The van der Waals surface area contributed by atoms with E-state index in [0.29, 0.717) is 48.6 Å². The maximum atomic E-state index is 13.2. The zero-order chi connectivity index (χ0) is 27.9. The quantitative estimate of drug-likeness (QED) is 0.261. The van der Waals surface area contributed by atoms with E-state index >= 15 is 0 Å². The van der Waals surface area contributed by atoms with Gasteiger partial charge in [-0.1, -0.05) is 18.2 Å². The molecule has 0 aliphatic rings. The summed E-state index contributed by atoms with van der Waals surface area (Å²) in [6.45, 7) is 3.69. The molecule has 0 bridgehead atoms. The number of carbonyl (C=O) groups is 2. The zero-order valence-corrected chi connectivity index (χ0v) is 22.2. The summed E-state index contributed by atoms with van der Waals surface area (Å²) in [4.78, 5) is 49.0. The number of likely N-dealkylation sites (N-methyl/N-ethyl adjacent to an activating group) is 1. The summed E-state index contributed by atoms with van der Waals surface area (Å²) < 4.78 is 1.67. The molecule has 202 valence electrons. The van der Waals surface area contributed by atoms with Gasteiger partial charge in [0.25, 0.3) is 5.91 Å². The first-order valence-electron chi connectivity index (χ1n) is 12.6. The summed E-state index contributed by atoms with van der Waals surface area (Å²) in [6, 6.07) is 14.0. The minimum Gasteiger partial charge on any atom is -0.384 e. The Bertz CT molecular complexity index is 1530. The van der Waals surface area contributed by atoms with E-state index in [0.717, 1.165) is 11.1 Å². The Morgan fingerprint density at radius 3 is 2.49 bits per heavy atom. The standard InChI is InChI=1S/C28H32N8O3/c1-4-36-25(29)23(27(38)31-14-15-35(2)3)24(37)21-11-12-22(34-26(21)36)19-7-9-20(10-8-19)33-28(39)32-17-18-6-5-13-30-16-18/h5-13,16H,4,14-15,17,29H2,1-3H3,(H,31,38)(H2,32,33,39). The molecule has 11 nitrogen and oxygen atoms in total. The van der Waals surface area contributed by atoms with Crippen molar-refractivity contribution in [3.8, 4) is 11.3 Å². The van der Waals surface area contributed by atoms with E-state index in [1.165, 1.54) is 0 Å². The SMILES string of the molecule is CCn1c(N)c(C(=O)NCCN(C)C)c(=O)c2ccc(-c3ccc(NC(=O)NCc4cccnc4)cc3)nc21. The molecule has 4 rings (SSSR count). The van der Waals surface area contributed by atoms with Crippen LogP contribution in [0.15, 0.2) is 65.7 Å². The largest absolute Gasteiger partial charge is 0.384 e. The molecule has 0 aliphatic heterocycles. The minimum atomic E-state index is -0.500. The van der Waals surface area contributed by atoms with Gasteiger partial charge in [0.05, 0.1) is 11.1 Å². The van der Waals surface area contributed by atoms with E-state index in [9.17, 15) is 14.4 Å². The molecule has 0 aliphatic carbocycles. The molecule has 0 saturated heterocycles.